The van der Waals surface area contributed by atoms with E-state index in [1.165, 1.54) is 0 Å². The van der Waals surface area contributed by atoms with Crippen molar-refractivity contribution in [2.24, 2.45) is 5.73 Å². The Hall–Kier alpha value is -2.21. The normalized spacial score (nSPS) is 11.2. The molecule has 0 bridgehead atoms. The molecular formula is C12H13N5O. The van der Waals surface area contributed by atoms with E-state index in [-0.39, 0.29) is 0 Å². The number of aromatic nitrogens is 4. The van der Waals surface area contributed by atoms with E-state index in [2.05, 4.69) is 15.3 Å². The van der Waals surface area contributed by atoms with Crippen LogP contribution in [0.15, 0.2) is 34.9 Å². The topological polar surface area (TPSA) is 82.8 Å². The van der Waals surface area contributed by atoms with Crippen LogP contribution in [-0.4, -0.2) is 26.5 Å². The molecule has 92 valence electrons. The molecule has 0 aliphatic rings. The Labute approximate surface area is 103 Å². The van der Waals surface area contributed by atoms with Gasteiger partial charge in [0.05, 0.1) is 5.69 Å². The largest absolute Gasteiger partial charge is 0.439 e. The van der Waals surface area contributed by atoms with Crippen molar-refractivity contribution in [1.29, 1.82) is 0 Å². The van der Waals surface area contributed by atoms with Gasteiger partial charge in [-0.25, -0.2) is 9.67 Å². The van der Waals surface area contributed by atoms with Gasteiger partial charge < -0.3 is 10.2 Å². The van der Waals surface area contributed by atoms with Crippen LogP contribution in [0.5, 0.6) is 0 Å². The number of hydrogen-bond donors (Lipinski definition) is 1. The molecule has 18 heavy (non-hydrogen) atoms. The van der Waals surface area contributed by atoms with Gasteiger partial charge in [0.1, 0.15) is 12.1 Å². The molecule has 0 saturated carbocycles. The van der Waals surface area contributed by atoms with Crippen molar-refractivity contribution in [3.63, 3.8) is 0 Å². The average Bonchev–Trinajstić information content (AvgIpc) is 2.96. The standard InChI is InChI=1S/C12H13N5O/c13-6-5-9-7-17(16-15-9)8-12-14-10-3-1-2-4-11(10)18-12/h1-4,7H,5-6,8,13H2. The Morgan fingerprint density at radius 1 is 1.28 bits per heavy atom. The Kier molecular flexibility index (Phi) is 2.77. The van der Waals surface area contributed by atoms with E-state index in [0.29, 0.717) is 19.0 Å². The maximum absolute atomic E-state index is 5.62. The second-order valence-corrected chi connectivity index (χ2v) is 4.02. The van der Waals surface area contributed by atoms with Crippen LogP contribution in [0.2, 0.25) is 0 Å². The quantitative estimate of drug-likeness (QED) is 0.738. The second kappa shape index (κ2) is 4.58. The summed E-state index contributed by atoms with van der Waals surface area (Å²) in [4.78, 5) is 4.38. The lowest BCUT2D eigenvalue weighted by Crippen LogP contribution is -2.02. The lowest BCUT2D eigenvalue weighted by molar-refractivity contribution is 0.485. The summed E-state index contributed by atoms with van der Waals surface area (Å²) in [6, 6.07) is 7.67. The molecule has 0 unspecified atom stereocenters. The fraction of sp³-hybridized carbons (Fsp3) is 0.250. The van der Waals surface area contributed by atoms with Crippen LogP contribution in [0, 0.1) is 0 Å². The number of rotatable bonds is 4. The molecule has 0 saturated heterocycles. The van der Waals surface area contributed by atoms with Crippen LogP contribution in [0.3, 0.4) is 0 Å². The lowest BCUT2D eigenvalue weighted by Gasteiger charge is -1.93. The zero-order valence-electron chi connectivity index (χ0n) is 9.78. The Morgan fingerprint density at radius 3 is 3.00 bits per heavy atom. The van der Waals surface area contributed by atoms with Crippen molar-refractivity contribution < 1.29 is 4.42 Å². The third-order valence-corrected chi connectivity index (χ3v) is 2.62. The summed E-state index contributed by atoms with van der Waals surface area (Å²) in [7, 11) is 0. The van der Waals surface area contributed by atoms with E-state index in [4.69, 9.17) is 10.2 Å². The van der Waals surface area contributed by atoms with Gasteiger partial charge in [-0.05, 0) is 18.7 Å². The first-order chi connectivity index (χ1) is 8.85. The molecule has 3 rings (SSSR count). The first-order valence-corrected chi connectivity index (χ1v) is 5.78. The van der Waals surface area contributed by atoms with Gasteiger partial charge in [0.25, 0.3) is 0 Å². The van der Waals surface area contributed by atoms with Crippen molar-refractivity contribution in [2.45, 2.75) is 13.0 Å². The molecule has 2 aromatic heterocycles. The molecule has 0 spiro atoms. The molecule has 6 nitrogen and oxygen atoms in total. The van der Waals surface area contributed by atoms with E-state index in [9.17, 15) is 0 Å². The fourth-order valence-corrected chi connectivity index (χ4v) is 1.80. The first kappa shape index (κ1) is 10.9. The van der Waals surface area contributed by atoms with Crippen LogP contribution < -0.4 is 5.73 Å². The molecule has 0 amide bonds. The Bertz CT molecular complexity index is 624. The van der Waals surface area contributed by atoms with Gasteiger partial charge in [-0.2, -0.15) is 0 Å². The van der Waals surface area contributed by atoms with Crippen molar-refractivity contribution in [3.05, 3.63) is 42.0 Å². The first-order valence-electron chi connectivity index (χ1n) is 5.78. The minimum atomic E-state index is 0.478. The van der Waals surface area contributed by atoms with Gasteiger partial charge in [-0.15, -0.1) is 5.10 Å². The molecule has 0 aliphatic heterocycles. The SMILES string of the molecule is NCCc1cn(Cc2nc3ccccc3o2)nn1. The van der Waals surface area contributed by atoms with Crippen molar-refractivity contribution in [1.82, 2.24) is 20.0 Å². The molecule has 6 heteroatoms. The van der Waals surface area contributed by atoms with Crippen LogP contribution in [0.1, 0.15) is 11.6 Å². The van der Waals surface area contributed by atoms with E-state index < -0.39 is 0 Å². The highest BCUT2D eigenvalue weighted by molar-refractivity contribution is 5.72. The number of benzene rings is 1. The molecule has 3 aromatic rings. The van der Waals surface area contributed by atoms with Gasteiger partial charge in [0.2, 0.25) is 5.89 Å². The molecule has 2 N–H and O–H groups in total. The predicted octanol–water partition coefficient (Wildman–Crippen LogP) is 0.969. The molecule has 1 aromatic carbocycles. The third-order valence-electron chi connectivity index (χ3n) is 2.62. The molecule has 2 heterocycles. The van der Waals surface area contributed by atoms with E-state index in [1.54, 1.807) is 4.68 Å². The summed E-state index contributed by atoms with van der Waals surface area (Å²) < 4.78 is 7.32. The zero-order chi connectivity index (χ0) is 12.4. The van der Waals surface area contributed by atoms with Crippen LogP contribution in [0.25, 0.3) is 11.1 Å². The summed E-state index contributed by atoms with van der Waals surface area (Å²) in [6.07, 6.45) is 2.59. The summed E-state index contributed by atoms with van der Waals surface area (Å²) >= 11 is 0. The van der Waals surface area contributed by atoms with E-state index >= 15 is 0 Å². The number of nitrogens with zero attached hydrogens (tertiary/aromatic N) is 4. The van der Waals surface area contributed by atoms with Crippen molar-refractivity contribution in [2.75, 3.05) is 6.54 Å². The Balaban J connectivity index is 1.82. The van der Waals surface area contributed by atoms with Crippen LogP contribution in [0.4, 0.5) is 0 Å². The Morgan fingerprint density at radius 2 is 2.17 bits per heavy atom. The lowest BCUT2D eigenvalue weighted by atomic mass is 10.3. The summed E-state index contributed by atoms with van der Waals surface area (Å²) in [5.74, 6) is 0.625. The third kappa shape index (κ3) is 2.10. The van der Waals surface area contributed by atoms with Gasteiger partial charge >= 0.3 is 0 Å². The molecule has 0 atom stereocenters. The minimum absolute atomic E-state index is 0.478. The highest BCUT2D eigenvalue weighted by atomic mass is 16.3. The van der Waals surface area contributed by atoms with Crippen LogP contribution in [-0.2, 0) is 13.0 Å². The van der Waals surface area contributed by atoms with Gasteiger partial charge in [-0.1, -0.05) is 17.3 Å². The highest BCUT2D eigenvalue weighted by Gasteiger charge is 2.07. The molecular weight excluding hydrogens is 230 g/mol. The maximum Gasteiger partial charge on any atom is 0.217 e. The minimum Gasteiger partial charge on any atom is -0.439 e. The number of oxazole rings is 1. The number of nitrogens with two attached hydrogens (primary N) is 1. The summed E-state index contributed by atoms with van der Waals surface area (Å²) in [5.41, 5.74) is 7.99. The van der Waals surface area contributed by atoms with E-state index in [0.717, 1.165) is 23.2 Å². The second-order valence-electron chi connectivity index (χ2n) is 4.02. The summed E-state index contributed by atoms with van der Waals surface area (Å²) in [5, 5.41) is 8.03. The number of fused-ring (bicyclic) bond motifs is 1. The molecule has 0 fully saturated rings. The highest BCUT2D eigenvalue weighted by Crippen LogP contribution is 2.15. The number of hydrogen-bond acceptors (Lipinski definition) is 5. The predicted molar refractivity (Wildman–Crippen MR) is 65.9 cm³/mol. The van der Waals surface area contributed by atoms with Gasteiger partial charge in [0, 0.05) is 12.6 Å². The fourth-order valence-electron chi connectivity index (χ4n) is 1.80. The monoisotopic (exact) mass is 243 g/mol. The zero-order valence-corrected chi connectivity index (χ0v) is 9.78. The summed E-state index contributed by atoms with van der Waals surface area (Å²) in [6.45, 7) is 1.05. The van der Waals surface area contributed by atoms with E-state index in [1.807, 2.05) is 30.5 Å². The molecule has 0 radical (unpaired) electrons. The van der Waals surface area contributed by atoms with Crippen LogP contribution >= 0.6 is 0 Å². The van der Waals surface area contributed by atoms with Crippen molar-refractivity contribution in [3.8, 4) is 0 Å². The molecule has 0 aliphatic carbocycles. The van der Waals surface area contributed by atoms with Crippen molar-refractivity contribution >= 4 is 11.1 Å². The number of para-hydroxylation sites is 2. The smallest absolute Gasteiger partial charge is 0.217 e. The average molecular weight is 243 g/mol. The van der Waals surface area contributed by atoms with Gasteiger partial charge in [-0.3, -0.25) is 0 Å². The van der Waals surface area contributed by atoms with Gasteiger partial charge in [0.15, 0.2) is 5.58 Å². The maximum atomic E-state index is 5.62.